The first-order valence-electron chi connectivity index (χ1n) is 6.85. The van der Waals surface area contributed by atoms with E-state index in [0.717, 1.165) is 23.7 Å². The number of rotatable bonds is 8. The van der Waals surface area contributed by atoms with Crippen molar-refractivity contribution in [2.24, 2.45) is 0 Å². The Morgan fingerprint density at radius 2 is 2.25 bits per heavy atom. The van der Waals surface area contributed by atoms with Crippen molar-refractivity contribution in [3.8, 4) is 5.75 Å². The van der Waals surface area contributed by atoms with Gasteiger partial charge in [-0.3, -0.25) is 4.90 Å². The van der Waals surface area contributed by atoms with Gasteiger partial charge in [-0.1, -0.05) is 12.1 Å². The SMILES string of the molecule is CCOc1cccc(CN(CCO)Cc2ncc[nH]2)c1. The Morgan fingerprint density at radius 3 is 2.95 bits per heavy atom. The molecule has 108 valence electrons. The third kappa shape index (κ3) is 4.36. The summed E-state index contributed by atoms with van der Waals surface area (Å²) in [7, 11) is 0. The van der Waals surface area contributed by atoms with Crippen LogP contribution in [0.2, 0.25) is 0 Å². The number of benzene rings is 1. The lowest BCUT2D eigenvalue weighted by Gasteiger charge is -2.20. The lowest BCUT2D eigenvalue weighted by atomic mass is 10.2. The van der Waals surface area contributed by atoms with E-state index >= 15 is 0 Å². The molecule has 2 rings (SSSR count). The second kappa shape index (κ2) is 7.67. The number of aromatic nitrogens is 2. The fourth-order valence-corrected chi connectivity index (χ4v) is 2.11. The number of hydrogen-bond acceptors (Lipinski definition) is 4. The van der Waals surface area contributed by atoms with Crippen LogP contribution in [-0.2, 0) is 13.1 Å². The maximum Gasteiger partial charge on any atom is 0.120 e. The summed E-state index contributed by atoms with van der Waals surface area (Å²) in [6, 6.07) is 8.05. The van der Waals surface area contributed by atoms with Crippen LogP contribution in [0.5, 0.6) is 5.75 Å². The molecule has 0 spiro atoms. The molecule has 5 nitrogen and oxygen atoms in total. The van der Waals surface area contributed by atoms with Crippen LogP contribution in [0.4, 0.5) is 0 Å². The Labute approximate surface area is 119 Å². The predicted molar refractivity (Wildman–Crippen MR) is 77.4 cm³/mol. The quantitative estimate of drug-likeness (QED) is 0.771. The van der Waals surface area contributed by atoms with E-state index in [9.17, 15) is 5.11 Å². The van der Waals surface area contributed by atoms with Gasteiger partial charge in [-0.2, -0.15) is 0 Å². The summed E-state index contributed by atoms with van der Waals surface area (Å²) in [4.78, 5) is 9.45. The highest BCUT2D eigenvalue weighted by Crippen LogP contribution is 2.15. The lowest BCUT2D eigenvalue weighted by molar-refractivity contribution is 0.181. The molecule has 0 fully saturated rings. The van der Waals surface area contributed by atoms with Crippen LogP contribution in [0.1, 0.15) is 18.3 Å². The van der Waals surface area contributed by atoms with Crippen LogP contribution in [0.15, 0.2) is 36.7 Å². The topological polar surface area (TPSA) is 61.4 Å². The van der Waals surface area contributed by atoms with Gasteiger partial charge in [0, 0.05) is 25.5 Å². The lowest BCUT2D eigenvalue weighted by Crippen LogP contribution is -2.26. The minimum atomic E-state index is 0.131. The van der Waals surface area contributed by atoms with Crippen molar-refractivity contribution in [1.29, 1.82) is 0 Å². The number of hydrogen-bond donors (Lipinski definition) is 2. The van der Waals surface area contributed by atoms with Gasteiger partial charge >= 0.3 is 0 Å². The Kier molecular flexibility index (Phi) is 5.58. The van der Waals surface area contributed by atoms with Gasteiger partial charge < -0.3 is 14.8 Å². The molecule has 0 saturated heterocycles. The predicted octanol–water partition coefficient (Wildman–Crippen LogP) is 1.80. The molecule has 1 heterocycles. The van der Waals surface area contributed by atoms with E-state index in [1.54, 1.807) is 6.20 Å². The molecule has 20 heavy (non-hydrogen) atoms. The number of aliphatic hydroxyl groups excluding tert-OH is 1. The first-order valence-corrected chi connectivity index (χ1v) is 6.85. The average Bonchev–Trinajstić information content (AvgIpc) is 2.93. The molecule has 0 amide bonds. The van der Waals surface area contributed by atoms with Crippen molar-refractivity contribution in [1.82, 2.24) is 14.9 Å². The van der Waals surface area contributed by atoms with Crippen molar-refractivity contribution < 1.29 is 9.84 Å². The van der Waals surface area contributed by atoms with Gasteiger partial charge in [0.05, 0.1) is 19.8 Å². The number of nitrogens with one attached hydrogen (secondary N) is 1. The van der Waals surface area contributed by atoms with E-state index in [0.29, 0.717) is 19.7 Å². The molecule has 0 aliphatic carbocycles. The zero-order chi connectivity index (χ0) is 14.2. The number of nitrogens with zero attached hydrogens (tertiary/aromatic N) is 2. The van der Waals surface area contributed by atoms with Crippen LogP contribution in [0.3, 0.4) is 0 Å². The van der Waals surface area contributed by atoms with E-state index in [1.807, 2.05) is 31.3 Å². The van der Waals surface area contributed by atoms with E-state index in [4.69, 9.17) is 4.74 Å². The molecule has 0 aliphatic rings. The average molecular weight is 275 g/mol. The molecular formula is C15H21N3O2. The molecular weight excluding hydrogens is 254 g/mol. The summed E-state index contributed by atoms with van der Waals surface area (Å²) in [5.41, 5.74) is 1.16. The van der Waals surface area contributed by atoms with E-state index in [-0.39, 0.29) is 6.61 Å². The van der Waals surface area contributed by atoms with Crippen LogP contribution < -0.4 is 4.74 Å². The van der Waals surface area contributed by atoms with Crippen molar-refractivity contribution in [3.63, 3.8) is 0 Å². The molecule has 0 atom stereocenters. The maximum absolute atomic E-state index is 9.19. The van der Waals surface area contributed by atoms with Crippen LogP contribution in [0, 0.1) is 0 Å². The van der Waals surface area contributed by atoms with Crippen molar-refractivity contribution in [2.75, 3.05) is 19.8 Å². The second-order valence-corrected chi connectivity index (χ2v) is 4.55. The number of aliphatic hydroxyl groups is 1. The standard InChI is InChI=1S/C15H21N3O2/c1-2-20-14-5-3-4-13(10-14)11-18(8-9-19)12-15-16-6-7-17-15/h3-7,10,19H,2,8-9,11-12H2,1H3,(H,16,17). The summed E-state index contributed by atoms with van der Waals surface area (Å²) in [6.45, 7) is 4.82. The summed E-state index contributed by atoms with van der Waals surface area (Å²) >= 11 is 0. The molecule has 2 aromatic rings. The zero-order valence-corrected chi connectivity index (χ0v) is 11.7. The first kappa shape index (κ1) is 14.6. The number of imidazole rings is 1. The highest BCUT2D eigenvalue weighted by molar-refractivity contribution is 5.28. The van der Waals surface area contributed by atoms with E-state index in [1.165, 1.54) is 0 Å². The van der Waals surface area contributed by atoms with Gasteiger partial charge in [0.1, 0.15) is 11.6 Å². The van der Waals surface area contributed by atoms with Gasteiger partial charge in [0.15, 0.2) is 0 Å². The molecule has 5 heteroatoms. The van der Waals surface area contributed by atoms with Gasteiger partial charge in [-0.25, -0.2) is 4.98 Å². The zero-order valence-electron chi connectivity index (χ0n) is 11.7. The number of aromatic amines is 1. The van der Waals surface area contributed by atoms with Gasteiger partial charge in [-0.05, 0) is 24.6 Å². The normalized spacial score (nSPS) is 10.9. The summed E-state index contributed by atoms with van der Waals surface area (Å²) in [5.74, 6) is 1.78. The highest BCUT2D eigenvalue weighted by Gasteiger charge is 2.08. The van der Waals surface area contributed by atoms with Crippen LogP contribution in [-0.4, -0.2) is 39.7 Å². The largest absolute Gasteiger partial charge is 0.494 e. The highest BCUT2D eigenvalue weighted by atomic mass is 16.5. The number of ether oxygens (including phenoxy) is 1. The third-order valence-electron chi connectivity index (χ3n) is 2.96. The smallest absolute Gasteiger partial charge is 0.120 e. The second-order valence-electron chi connectivity index (χ2n) is 4.55. The van der Waals surface area contributed by atoms with E-state index in [2.05, 4.69) is 20.9 Å². The Balaban J connectivity index is 2.01. The molecule has 0 radical (unpaired) electrons. The fraction of sp³-hybridized carbons (Fsp3) is 0.400. The molecule has 0 unspecified atom stereocenters. The van der Waals surface area contributed by atoms with Gasteiger partial charge in [0.2, 0.25) is 0 Å². The van der Waals surface area contributed by atoms with E-state index < -0.39 is 0 Å². The van der Waals surface area contributed by atoms with Crippen molar-refractivity contribution >= 4 is 0 Å². The molecule has 0 bridgehead atoms. The Bertz CT molecular complexity index is 500. The Morgan fingerprint density at radius 1 is 1.35 bits per heavy atom. The molecule has 1 aromatic heterocycles. The first-order chi connectivity index (χ1) is 9.81. The molecule has 1 aromatic carbocycles. The number of H-pyrrole nitrogens is 1. The monoisotopic (exact) mass is 275 g/mol. The van der Waals surface area contributed by atoms with Gasteiger partial charge in [-0.15, -0.1) is 0 Å². The Hall–Kier alpha value is -1.85. The van der Waals surface area contributed by atoms with Crippen molar-refractivity contribution in [3.05, 3.63) is 48.0 Å². The minimum Gasteiger partial charge on any atom is -0.494 e. The fourth-order valence-electron chi connectivity index (χ4n) is 2.11. The molecule has 0 aliphatic heterocycles. The maximum atomic E-state index is 9.19. The summed E-state index contributed by atoms with van der Waals surface area (Å²) < 4.78 is 5.51. The molecule has 0 saturated carbocycles. The van der Waals surface area contributed by atoms with Crippen LogP contribution in [0.25, 0.3) is 0 Å². The van der Waals surface area contributed by atoms with Crippen LogP contribution >= 0.6 is 0 Å². The van der Waals surface area contributed by atoms with Gasteiger partial charge in [0.25, 0.3) is 0 Å². The minimum absolute atomic E-state index is 0.131. The summed E-state index contributed by atoms with van der Waals surface area (Å²) in [6.07, 6.45) is 3.55. The molecule has 2 N–H and O–H groups in total. The third-order valence-corrected chi connectivity index (χ3v) is 2.96. The van der Waals surface area contributed by atoms with Crippen molar-refractivity contribution in [2.45, 2.75) is 20.0 Å². The summed E-state index contributed by atoms with van der Waals surface area (Å²) in [5, 5.41) is 9.19.